The maximum atomic E-state index is 13.0. The number of amides is 2. The van der Waals surface area contributed by atoms with E-state index in [0.29, 0.717) is 12.3 Å². The van der Waals surface area contributed by atoms with E-state index in [4.69, 9.17) is 5.73 Å². The first-order chi connectivity index (χ1) is 15.3. The van der Waals surface area contributed by atoms with Crippen molar-refractivity contribution in [3.05, 3.63) is 65.7 Å². The summed E-state index contributed by atoms with van der Waals surface area (Å²) in [5.41, 5.74) is 8.07. The fourth-order valence-corrected chi connectivity index (χ4v) is 3.91. The number of halogens is 1. The van der Waals surface area contributed by atoms with Crippen LogP contribution in [0.3, 0.4) is 0 Å². The van der Waals surface area contributed by atoms with Crippen LogP contribution in [0.4, 0.5) is 0 Å². The highest BCUT2D eigenvalue weighted by molar-refractivity contribution is 7.84. The Bertz CT molecular complexity index is 899. The highest BCUT2D eigenvalue weighted by Crippen LogP contribution is 2.11. The first kappa shape index (κ1) is 31.5. The average molecular weight is 514 g/mol. The molecule has 2 aromatic carbocycles. The maximum absolute atomic E-state index is 13.0. The molecule has 10 heteroatoms. The molecule has 0 aliphatic heterocycles. The molecular formula is C24H36ClN3O5S. The number of phenols is 1. The number of nitrogens with zero attached hydrogens (tertiary/aromatic N) is 1. The fourth-order valence-electron chi connectivity index (χ4n) is 3.34. The highest BCUT2D eigenvalue weighted by atomic mass is 35.5. The Morgan fingerprint density at radius 3 is 2.29 bits per heavy atom. The third-order valence-electron chi connectivity index (χ3n) is 5.22. The van der Waals surface area contributed by atoms with E-state index in [-0.39, 0.29) is 42.4 Å². The van der Waals surface area contributed by atoms with E-state index in [1.807, 2.05) is 18.2 Å². The molecule has 0 radical (unpaired) electrons. The Balaban J connectivity index is 0.00000544. The SMILES string of the molecule is CN(CCCc1ccccc1)C(=O)[C@@H](CCS(C)=O)NC(=O)[C@@H](N)Cc1ccc(O)cc1.Cl.O. The van der Waals surface area contributed by atoms with Crippen LogP contribution in [-0.2, 0) is 33.2 Å². The van der Waals surface area contributed by atoms with Crippen molar-refractivity contribution in [1.29, 1.82) is 0 Å². The average Bonchev–Trinajstić information content (AvgIpc) is 2.78. The summed E-state index contributed by atoms with van der Waals surface area (Å²) < 4.78 is 11.6. The van der Waals surface area contributed by atoms with Gasteiger partial charge in [-0.15, -0.1) is 12.4 Å². The van der Waals surface area contributed by atoms with Crippen LogP contribution in [0.2, 0.25) is 0 Å². The van der Waals surface area contributed by atoms with Gasteiger partial charge in [0.1, 0.15) is 11.8 Å². The van der Waals surface area contributed by atoms with E-state index in [0.717, 1.165) is 18.4 Å². The molecule has 0 saturated carbocycles. The molecule has 190 valence electrons. The number of phenolic OH excluding ortho intramolecular Hbond substituents is 1. The smallest absolute Gasteiger partial charge is 0.244 e. The molecule has 8 nitrogen and oxygen atoms in total. The van der Waals surface area contributed by atoms with Crippen LogP contribution in [0.5, 0.6) is 5.75 Å². The van der Waals surface area contributed by atoms with E-state index in [1.165, 1.54) is 17.7 Å². The van der Waals surface area contributed by atoms with Gasteiger partial charge < -0.3 is 26.5 Å². The second-order valence-electron chi connectivity index (χ2n) is 7.95. The molecule has 0 bridgehead atoms. The minimum Gasteiger partial charge on any atom is -0.508 e. The van der Waals surface area contributed by atoms with Crippen LogP contribution < -0.4 is 11.1 Å². The predicted octanol–water partition coefficient (Wildman–Crippen LogP) is 1.20. The van der Waals surface area contributed by atoms with Crippen molar-refractivity contribution in [3.63, 3.8) is 0 Å². The molecular weight excluding hydrogens is 478 g/mol. The van der Waals surface area contributed by atoms with Gasteiger partial charge >= 0.3 is 0 Å². The van der Waals surface area contributed by atoms with Crippen molar-refractivity contribution in [1.82, 2.24) is 10.2 Å². The number of carbonyl (C=O) groups excluding carboxylic acids is 2. The Labute approximate surface area is 210 Å². The van der Waals surface area contributed by atoms with E-state index < -0.39 is 28.8 Å². The van der Waals surface area contributed by atoms with Gasteiger partial charge in [-0.1, -0.05) is 42.5 Å². The summed E-state index contributed by atoms with van der Waals surface area (Å²) in [4.78, 5) is 27.3. The van der Waals surface area contributed by atoms with Gasteiger partial charge in [0, 0.05) is 36.4 Å². The molecule has 34 heavy (non-hydrogen) atoms. The number of benzene rings is 2. The largest absolute Gasteiger partial charge is 0.508 e. The number of hydrogen-bond donors (Lipinski definition) is 3. The quantitative estimate of drug-likeness (QED) is 0.390. The summed E-state index contributed by atoms with van der Waals surface area (Å²) in [6.07, 6.45) is 3.78. The van der Waals surface area contributed by atoms with Crippen LogP contribution in [0.25, 0.3) is 0 Å². The number of nitrogens with two attached hydrogens (primary N) is 1. The summed E-state index contributed by atoms with van der Waals surface area (Å²) >= 11 is 0. The molecule has 0 aliphatic carbocycles. The van der Waals surface area contributed by atoms with Crippen LogP contribution in [0.15, 0.2) is 54.6 Å². The molecule has 0 aliphatic rings. The molecule has 2 rings (SSSR count). The van der Waals surface area contributed by atoms with Gasteiger partial charge in [0.05, 0.1) is 6.04 Å². The third kappa shape index (κ3) is 11.1. The standard InChI is InChI=1S/C24H33N3O4S.ClH.H2O/c1-27(15-6-9-18-7-4-3-5-8-18)24(30)22(14-16-32(2)31)26-23(29)21(25)17-19-10-12-20(28)13-11-19;;/h3-5,7-8,10-13,21-22,28H,6,9,14-17,25H2,1-2H3,(H,26,29);1H;1H2/t21-,22+,32?;;/m0../s1. The van der Waals surface area contributed by atoms with Crippen LogP contribution in [0, 0.1) is 0 Å². The number of rotatable bonds is 12. The van der Waals surface area contributed by atoms with Gasteiger partial charge in [0.2, 0.25) is 11.8 Å². The molecule has 2 amide bonds. The van der Waals surface area contributed by atoms with E-state index >= 15 is 0 Å². The number of carbonyl (C=O) groups is 2. The van der Waals surface area contributed by atoms with Gasteiger partial charge in [-0.25, -0.2) is 0 Å². The number of hydrogen-bond acceptors (Lipinski definition) is 5. The second-order valence-corrected chi connectivity index (χ2v) is 9.51. The second kappa shape index (κ2) is 16.2. The molecule has 1 unspecified atom stereocenters. The van der Waals surface area contributed by atoms with E-state index in [2.05, 4.69) is 17.4 Å². The summed E-state index contributed by atoms with van der Waals surface area (Å²) in [5.74, 6) is -0.202. The van der Waals surface area contributed by atoms with Gasteiger partial charge in [-0.05, 0) is 48.9 Å². The number of likely N-dealkylation sites (N-methyl/N-ethyl adjacent to an activating group) is 1. The lowest BCUT2D eigenvalue weighted by atomic mass is 10.0. The summed E-state index contributed by atoms with van der Waals surface area (Å²) in [6, 6.07) is 14.9. The van der Waals surface area contributed by atoms with Crippen molar-refractivity contribution >= 4 is 35.0 Å². The van der Waals surface area contributed by atoms with Gasteiger partial charge in [0.25, 0.3) is 0 Å². The Kier molecular flexibility index (Phi) is 15.0. The van der Waals surface area contributed by atoms with Crippen molar-refractivity contribution < 1.29 is 24.4 Å². The Hall–Kier alpha value is -2.46. The summed E-state index contributed by atoms with van der Waals surface area (Å²) in [5, 5.41) is 12.1. The molecule has 0 spiro atoms. The highest BCUT2D eigenvalue weighted by Gasteiger charge is 2.26. The van der Waals surface area contributed by atoms with E-state index in [9.17, 15) is 18.9 Å². The van der Waals surface area contributed by atoms with Crippen molar-refractivity contribution in [2.45, 2.75) is 37.8 Å². The van der Waals surface area contributed by atoms with Crippen molar-refractivity contribution in [2.75, 3.05) is 25.6 Å². The number of aromatic hydroxyl groups is 1. The topological polar surface area (TPSA) is 144 Å². The van der Waals surface area contributed by atoms with Crippen LogP contribution >= 0.6 is 12.4 Å². The predicted molar refractivity (Wildman–Crippen MR) is 139 cm³/mol. The maximum Gasteiger partial charge on any atom is 0.244 e. The van der Waals surface area contributed by atoms with Gasteiger partial charge in [0.15, 0.2) is 0 Å². The lowest BCUT2D eigenvalue weighted by Gasteiger charge is -2.25. The third-order valence-corrected chi connectivity index (χ3v) is 6.03. The van der Waals surface area contributed by atoms with Gasteiger partial charge in [-0.3, -0.25) is 13.8 Å². The van der Waals surface area contributed by atoms with Crippen molar-refractivity contribution in [2.24, 2.45) is 5.73 Å². The molecule has 2 aromatic rings. The molecule has 3 atom stereocenters. The van der Waals surface area contributed by atoms with Crippen molar-refractivity contribution in [3.8, 4) is 5.75 Å². The number of nitrogens with one attached hydrogen (secondary N) is 1. The zero-order valence-corrected chi connectivity index (χ0v) is 21.2. The first-order valence-corrected chi connectivity index (χ1v) is 12.4. The zero-order chi connectivity index (χ0) is 23.5. The molecule has 0 heterocycles. The normalized spacial score (nSPS) is 12.9. The Morgan fingerprint density at radius 2 is 1.71 bits per heavy atom. The Morgan fingerprint density at radius 1 is 1.09 bits per heavy atom. The zero-order valence-electron chi connectivity index (χ0n) is 19.6. The monoisotopic (exact) mass is 513 g/mol. The lowest BCUT2D eigenvalue weighted by Crippen LogP contribution is -2.53. The molecule has 0 fully saturated rings. The van der Waals surface area contributed by atoms with Crippen LogP contribution in [-0.4, -0.2) is 69.2 Å². The minimum absolute atomic E-state index is 0. The van der Waals surface area contributed by atoms with Crippen LogP contribution in [0.1, 0.15) is 24.0 Å². The summed E-state index contributed by atoms with van der Waals surface area (Å²) in [7, 11) is 0.632. The fraction of sp³-hybridized carbons (Fsp3) is 0.417. The molecule has 0 aromatic heterocycles. The molecule has 0 saturated heterocycles. The van der Waals surface area contributed by atoms with E-state index in [1.54, 1.807) is 30.3 Å². The molecule has 6 N–H and O–H groups in total. The van der Waals surface area contributed by atoms with Gasteiger partial charge in [-0.2, -0.15) is 0 Å². The summed E-state index contributed by atoms with van der Waals surface area (Å²) in [6.45, 7) is 0.550. The first-order valence-electron chi connectivity index (χ1n) is 10.7. The minimum atomic E-state index is -1.08. The number of aryl methyl sites for hydroxylation is 1. The lowest BCUT2D eigenvalue weighted by molar-refractivity contribution is -0.135.